The Hall–Kier alpha value is -1.10. The standard InChI is InChI=1S/C15H29N3O2/c1-12(14(20)17-2)10-18(3)13(19)9-15(11-16)7-5-4-6-8-15/h12H,4-11,16H2,1-3H3,(H,17,20). The molecule has 20 heavy (non-hydrogen) atoms. The van der Waals surface area contributed by atoms with Crippen LogP contribution in [0.3, 0.4) is 0 Å². The molecule has 1 fully saturated rings. The monoisotopic (exact) mass is 283 g/mol. The van der Waals surface area contributed by atoms with Gasteiger partial charge in [-0.2, -0.15) is 0 Å². The molecule has 0 heterocycles. The summed E-state index contributed by atoms with van der Waals surface area (Å²) in [6, 6.07) is 0. The molecule has 3 N–H and O–H groups in total. The Kier molecular flexibility index (Phi) is 6.46. The largest absolute Gasteiger partial charge is 0.359 e. The number of nitrogens with one attached hydrogen (secondary N) is 1. The highest BCUT2D eigenvalue weighted by Gasteiger charge is 2.34. The Morgan fingerprint density at radius 2 is 1.90 bits per heavy atom. The molecule has 0 saturated heterocycles. The van der Waals surface area contributed by atoms with Gasteiger partial charge in [-0.15, -0.1) is 0 Å². The van der Waals surface area contributed by atoms with Crippen molar-refractivity contribution >= 4 is 11.8 Å². The fourth-order valence-corrected chi connectivity index (χ4v) is 3.05. The molecule has 0 bridgehead atoms. The van der Waals surface area contributed by atoms with E-state index in [1.165, 1.54) is 19.3 Å². The molecule has 0 radical (unpaired) electrons. The maximum atomic E-state index is 12.4. The van der Waals surface area contributed by atoms with Gasteiger partial charge in [0.05, 0.1) is 5.92 Å². The van der Waals surface area contributed by atoms with Crippen molar-refractivity contribution in [3.8, 4) is 0 Å². The number of carbonyl (C=O) groups excluding carboxylic acids is 2. The molecule has 1 aliphatic rings. The number of hydrogen-bond acceptors (Lipinski definition) is 3. The van der Waals surface area contributed by atoms with Crippen molar-refractivity contribution in [3.63, 3.8) is 0 Å². The third-order valence-electron chi connectivity index (χ3n) is 4.54. The Morgan fingerprint density at radius 3 is 2.40 bits per heavy atom. The Labute approximate surface area is 122 Å². The molecule has 0 aliphatic heterocycles. The van der Waals surface area contributed by atoms with Crippen LogP contribution in [0.4, 0.5) is 0 Å². The van der Waals surface area contributed by atoms with Gasteiger partial charge in [-0.25, -0.2) is 0 Å². The topological polar surface area (TPSA) is 75.4 Å². The summed E-state index contributed by atoms with van der Waals surface area (Å²) in [6.45, 7) is 2.87. The second-order valence-corrected chi connectivity index (χ2v) is 6.23. The molecular weight excluding hydrogens is 254 g/mol. The normalized spacial score (nSPS) is 19.2. The zero-order chi connectivity index (χ0) is 15.2. The van der Waals surface area contributed by atoms with E-state index in [0.29, 0.717) is 19.5 Å². The minimum atomic E-state index is -0.186. The van der Waals surface area contributed by atoms with Crippen LogP contribution in [-0.2, 0) is 9.59 Å². The first-order chi connectivity index (χ1) is 9.44. The first-order valence-corrected chi connectivity index (χ1v) is 7.60. The molecule has 1 unspecified atom stereocenters. The van der Waals surface area contributed by atoms with Gasteiger partial charge >= 0.3 is 0 Å². The van der Waals surface area contributed by atoms with Crippen LogP contribution < -0.4 is 11.1 Å². The van der Waals surface area contributed by atoms with E-state index in [0.717, 1.165) is 12.8 Å². The quantitative estimate of drug-likeness (QED) is 0.767. The van der Waals surface area contributed by atoms with E-state index in [1.54, 1.807) is 19.0 Å². The summed E-state index contributed by atoms with van der Waals surface area (Å²) >= 11 is 0. The lowest BCUT2D eigenvalue weighted by Crippen LogP contribution is -2.42. The van der Waals surface area contributed by atoms with Gasteiger partial charge in [0.15, 0.2) is 0 Å². The number of nitrogens with two attached hydrogens (primary N) is 1. The molecule has 0 aromatic carbocycles. The number of amides is 2. The van der Waals surface area contributed by atoms with Crippen molar-refractivity contribution < 1.29 is 9.59 Å². The first kappa shape index (κ1) is 17.0. The smallest absolute Gasteiger partial charge is 0.224 e. The fraction of sp³-hybridized carbons (Fsp3) is 0.867. The van der Waals surface area contributed by atoms with Gasteiger partial charge in [-0.1, -0.05) is 26.2 Å². The first-order valence-electron chi connectivity index (χ1n) is 7.60. The molecule has 2 amide bonds. The van der Waals surface area contributed by atoms with E-state index in [-0.39, 0.29) is 23.1 Å². The van der Waals surface area contributed by atoms with Gasteiger partial charge in [0.1, 0.15) is 0 Å². The maximum Gasteiger partial charge on any atom is 0.224 e. The summed E-state index contributed by atoms with van der Waals surface area (Å²) in [5.41, 5.74) is 5.91. The molecule has 0 spiro atoms. The molecule has 1 aliphatic carbocycles. The van der Waals surface area contributed by atoms with Crippen LogP contribution in [0.25, 0.3) is 0 Å². The van der Waals surface area contributed by atoms with Crippen molar-refractivity contribution in [2.45, 2.75) is 45.4 Å². The maximum absolute atomic E-state index is 12.4. The van der Waals surface area contributed by atoms with Gasteiger partial charge < -0.3 is 16.0 Å². The van der Waals surface area contributed by atoms with E-state index in [2.05, 4.69) is 5.32 Å². The van der Waals surface area contributed by atoms with Gasteiger partial charge in [0.2, 0.25) is 11.8 Å². The Morgan fingerprint density at radius 1 is 1.30 bits per heavy atom. The molecule has 0 aromatic rings. The van der Waals surface area contributed by atoms with Gasteiger partial charge in [-0.05, 0) is 24.8 Å². The van der Waals surface area contributed by atoms with E-state index in [4.69, 9.17) is 5.73 Å². The fourth-order valence-electron chi connectivity index (χ4n) is 3.05. The second-order valence-electron chi connectivity index (χ2n) is 6.23. The summed E-state index contributed by atoms with van der Waals surface area (Å²) in [5, 5.41) is 2.61. The lowest BCUT2D eigenvalue weighted by Gasteiger charge is -2.37. The van der Waals surface area contributed by atoms with Crippen molar-refractivity contribution in [2.24, 2.45) is 17.1 Å². The average molecular weight is 283 g/mol. The van der Waals surface area contributed by atoms with Crippen LogP contribution in [-0.4, -0.2) is 43.9 Å². The van der Waals surface area contributed by atoms with Crippen LogP contribution in [0.15, 0.2) is 0 Å². The van der Waals surface area contributed by atoms with E-state index in [9.17, 15) is 9.59 Å². The number of carbonyl (C=O) groups is 2. The number of nitrogens with zero attached hydrogens (tertiary/aromatic N) is 1. The average Bonchev–Trinajstić information content (AvgIpc) is 2.47. The third kappa shape index (κ3) is 4.47. The summed E-state index contributed by atoms with van der Waals surface area (Å²) in [5.74, 6) is -0.113. The summed E-state index contributed by atoms with van der Waals surface area (Å²) < 4.78 is 0. The predicted octanol–water partition coefficient (Wildman–Crippen LogP) is 1.13. The van der Waals surface area contributed by atoms with Crippen molar-refractivity contribution in [1.82, 2.24) is 10.2 Å². The minimum absolute atomic E-state index is 0.0140. The third-order valence-corrected chi connectivity index (χ3v) is 4.54. The zero-order valence-electron chi connectivity index (χ0n) is 13.1. The van der Waals surface area contributed by atoms with Crippen molar-refractivity contribution in [3.05, 3.63) is 0 Å². The highest BCUT2D eigenvalue weighted by atomic mass is 16.2. The molecule has 0 aromatic heterocycles. The van der Waals surface area contributed by atoms with E-state index >= 15 is 0 Å². The van der Waals surface area contributed by atoms with E-state index < -0.39 is 0 Å². The van der Waals surface area contributed by atoms with Crippen LogP contribution in [0.1, 0.15) is 45.4 Å². The lowest BCUT2D eigenvalue weighted by molar-refractivity contribution is -0.134. The van der Waals surface area contributed by atoms with E-state index in [1.807, 2.05) is 6.92 Å². The van der Waals surface area contributed by atoms with Crippen LogP contribution in [0.2, 0.25) is 0 Å². The molecular formula is C15H29N3O2. The van der Waals surface area contributed by atoms with Gasteiger partial charge in [0.25, 0.3) is 0 Å². The highest BCUT2D eigenvalue weighted by Crippen LogP contribution is 2.38. The zero-order valence-corrected chi connectivity index (χ0v) is 13.1. The summed E-state index contributed by atoms with van der Waals surface area (Å²) in [6.07, 6.45) is 6.20. The molecule has 1 atom stereocenters. The molecule has 1 saturated carbocycles. The second kappa shape index (κ2) is 7.62. The van der Waals surface area contributed by atoms with Crippen molar-refractivity contribution in [2.75, 3.05) is 27.2 Å². The molecule has 1 rings (SSSR count). The Bertz CT molecular complexity index is 338. The number of rotatable bonds is 6. The summed E-state index contributed by atoms with van der Waals surface area (Å²) in [4.78, 5) is 25.5. The lowest BCUT2D eigenvalue weighted by atomic mass is 9.71. The van der Waals surface area contributed by atoms with Crippen LogP contribution in [0.5, 0.6) is 0 Å². The summed E-state index contributed by atoms with van der Waals surface area (Å²) in [7, 11) is 3.39. The van der Waals surface area contributed by atoms with Gasteiger partial charge in [0, 0.05) is 27.1 Å². The van der Waals surface area contributed by atoms with Crippen LogP contribution >= 0.6 is 0 Å². The Balaban J connectivity index is 2.53. The SMILES string of the molecule is CNC(=O)C(C)CN(C)C(=O)CC1(CN)CCCCC1. The van der Waals surface area contributed by atoms with Gasteiger partial charge in [-0.3, -0.25) is 9.59 Å². The molecule has 116 valence electrons. The number of hydrogen-bond donors (Lipinski definition) is 2. The highest BCUT2D eigenvalue weighted by molar-refractivity contribution is 5.80. The minimum Gasteiger partial charge on any atom is -0.359 e. The molecule has 5 heteroatoms. The molecule has 5 nitrogen and oxygen atoms in total. The van der Waals surface area contributed by atoms with Crippen molar-refractivity contribution in [1.29, 1.82) is 0 Å². The predicted molar refractivity (Wildman–Crippen MR) is 80.1 cm³/mol. The van der Waals surface area contributed by atoms with Crippen LogP contribution in [0, 0.1) is 11.3 Å².